The van der Waals surface area contributed by atoms with E-state index in [1.807, 2.05) is 23.1 Å². The van der Waals surface area contributed by atoms with Crippen LogP contribution in [0.1, 0.15) is 13.3 Å². The van der Waals surface area contributed by atoms with Gasteiger partial charge in [-0.25, -0.2) is 0 Å². The standard InChI is InChI=1S/C21H22N4O4/c1-15-13-20(26)24(21(15)27)17-7-8-18(19(14-17)25(28)29)23-11-9-22(10-12-23)16-5-3-2-4-6-16/h2-8,14-15H,9-13H2,1H3. The van der Waals surface area contributed by atoms with Gasteiger partial charge in [0.05, 0.1) is 10.6 Å². The van der Waals surface area contributed by atoms with Crippen LogP contribution >= 0.6 is 0 Å². The predicted octanol–water partition coefficient (Wildman–Crippen LogP) is 2.82. The fraction of sp³-hybridized carbons (Fsp3) is 0.333. The minimum atomic E-state index is -0.448. The molecule has 0 saturated carbocycles. The van der Waals surface area contributed by atoms with Gasteiger partial charge in [-0.2, -0.15) is 0 Å². The number of amides is 2. The van der Waals surface area contributed by atoms with Gasteiger partial charge in [0.1, 0.15) is 5.69 Å². The van der Waals surface area contributed by atoms with Crippen LogP contribution in [-0.2, 0) is 9.59 Å². The van der Waals surface area contributed by atoms with Crippen molar-refractivity contribution >= 4 is 34.6 Å². The summed E-state index contributed by atoms with van der Waals surface area (Å²) in [5.74, 6) is -1.03. The molecule has 0 N–H and O–H groups in total. The Labute approximate surface area is 168 Å². The Bertz CT molecular complexity index is 954. The molecule has 8 nitrogen and oxygen atoms in total. The van der Waals surface area contributed by atoms with Crippen LogP contribution in [0.4, 0.5) is 22.7 Å². The molecule has 2 amide bonds. The van der Waals surface area contributed by atoms with Crippen molar-refractivity contribution < 1.29 is 14.5 Å². The quantitative estimate of drug-likeness (QED) is 0.450. The molecule has 2 saturated heterocycles. The zero-order valence-electron chi connectivity index (χ0n) is 16.2. The number of carbonyl (C=O) groups is 2. The fourth-order valence-corrected chi connectivity index (χ4v) is 3.96. The van der Waals surface area contributed by atoms with Crippen molar-refractivity contribution in [3.63, 3.8) is 0 Å². The lowest BCUT2D eigenvalue weighted by Gasteiger charge is -2.37. The summed E-state index contributed by atoms with van der Waals surface area (Å²) < 4.78 is 0. The van der Waals surface area contributed by atoms with E-state index in [1.165, 1.54) is 6.07 Å². The molecule has 0 aromatic heterocycles. The number of nitro groups is 1. The van der Waals surface area contributed by atoms with Crippen LogP contribution < -0.4 is 14.7 Å². The van der Waals surface area contributed by atoms with Gasteiger partial charge in [-0.15, -0.1) is 0 Å². The van der Waals surface area contributed by atoms with Crippen LogP contribution in [0.5, 0.6) is 0 Å². The maximum absolute atomic E-state index is 12.3. The van der Waals surface area contributed by atoms with Crippen LogP contribution in [0.25, 0.3) is 0 Å². The molecular weight excluding hydrogens is 372 g/mol. The molecule has 0 radical (unpaired) electrons. The molecule has 2 heterocycles. The number of nitro benzene ring substituents is 1. The van der Waals surface area contributed by atoms with Gasteiger partial charge >= 0.3 is 0 Å². The zero-order chi connectivity index (χ0) is 20.5. The minimum Gasteiger partial charge on any atom is -0.368 e. The average molecular weight is 394 g/mol. The van der Waals surface area contributed by atoms with Crippen molar-refractivity contribution in [3.05, 3.63) is 58.6 Å². The number of imide groups is 1. The molecule has 2 aliphatic rings. The van der Waals surface area contributed by atoms with Gasteiger partial charge in [0.25, 0.3) is 5.69 Å². The lowest BCUT2D eigenvalue weighted by Crippen LogP contribution is -2.46. The van der Waals surface area contributed by atoms with E-state index in [0.29, 0.717) is 18.8 Å². The maximum atomic E-state index is 12.3. The molecular formula is C21H22N4O4. The lowest BCUT2D eigenvalue weighted by molar-refractivity contribution is -0.384. The number of nitrogens with zero attached hydrogens (tertiary/aromatic N) is 4. The Morgan fingerprint density at radius 2 is 1.59 bits per heavy atom. The van der Waals surface area contributed by atoms with Crippen LogP contribution in [0.3, 0.4) is 0 Å². The topological polar surface area (TPSA) is 87.0 Å². The second-order valence-corrected chi connectivity index (χ2v) is 7.41. The SMILES string of the molecule is CC1CC(=O)N(c2ccc(N3CCN(c4ccccc4)CC3)c([N+](=O)[O-])c2)C1=O. The van der Waals surface area contributed by atoms with E-state index in [0.717, 1.165) is 23.7 Å². The van der Waals surface area contributed by atoms with Crippen molar-refractivity contribution in [2.75, 3.05) is 40.9 Å². The molecule has 2 aliphatic heterocycles. The van der Waals surface area contributed by atoms with Crippen molar-refractivity contribution in [2.24, 2.45) is 5.92 Å². The molecule has 1 atom stereocenters. The Morgan fingerprint density at radius 1 is 0.931 bits per heavy atom. The molecule has 8 heteroatoms. The summed E-state index contributed by atoms with van der Waals surface area (Å²) in [5, 5.41) is 11.7. The normalized spacial score (nSPS) is 19.8. The first kappa shape index (κ1) is 18.9. The van der Waals surface area contributed by atoms with Crippen LogP contribution in [0.15, 0.2) is 48.5 Å². The Balaban J connectivity index is 1.56. The van der Waals surface area contributed by atoms with Crippen LogP contribution in [0.2, 0.25) is 0 Å². The lowest BCUT2D eigenvalue weighted by atomic mass is 10.1. The van der Waals surface area contributed by atoms with E-state index in [2.05, 4.69) is 17.0 Å². The largest absolute Gasteiger partial charge is 0.368 e. The van der Waals surface area contributed by atoms with Crippen LogP contribution in [0, 0.1) is 16.0 Å². The molecule has 150 valence electrons. The molecule has 0 bridgehead atoms. The minimum absolute atomic E-state index is 0.0872. The number of anilines is 3. The van der Waals surface area contributed by atoms with Gasteiger partial charge in [0, 0.05) is 50.3 Å². The number of rotatable bonds is 4. The van der Waals surface area contributed by atoms with Gasteiger partial charge in [0.2, 0.25) is 11.8 Å². The number of hydrogen-bond donors (Lipinski definition) is 0. The summed E-state index contributed by atoms with van der Waals surface area (Å²) in [6.07, 6.45) is 0.135. The Morgan fingerprint density at radius 3 is 2.17 bits per heavy atom. The summed E-state index contributed by atoms with van der Waals surface area (Å²) in [6.45, 7) is 4.49. The highest BCUT2D eigenvalue weighted by Crippen LogP contribution is 2.35. The second kappa shape index (κ2) is 7.54. The Hall–Kier alpha value is -3.42. The number of piperazine rings is 1. The van der Waals surface area contributed by atoms with E-state index in [4.69, 9.17) is 0 Å². The summed E-state index contributed by atoms with van der Waals surface area (Å²) in [7, 11) is 0. The van der Waals surface area contributed by atoms with Gasteiger partial charge in [-0.1, -0.05) is 25.1 Å². The summed E-state index contributed by atoms with van der Waals surface area (Å²) in [6, 6.07) is 14.7. The van der Waals surface area contributed by atoms with Gasteiger partial charge in [-0.3, -0.25) is 24.6 Å². The number of benzene rings is 2. The van der Waals surface area contributed by atoms with Gasteiger partial charge < -0.3 is 9.80 Å². The van der Waals surface area contributed by atoms with Crippen molar-refractivity contribution in [1.82, 2.24) is 0 Å². The van der Waals surface area contributed by atoms with Crippen molar-refractivity contribution in [3.8, 4) is 0 Å². The number of carbonyl (C=O) groups excluding carboxylic acids is 2. The number of para-hydroxylation sites is 1. The van der Waals surface area contributed by atoms with E-state index in [-0.39, 0.29) is 29.6 Å². The average Bonchev–Trinajstić information content (AvgIpc) is 3.00. The second-order valence-electron chi connectivity index (χ2n) is 7.41. The Kier molecular flexibility index (Phi) is 4.92. The monoisotopic (exact) mass is 394 g/mol. The molecule has 2 aromatic carbocycles. The highest BCUT2D eigenvalue weighted by Gasteiger charge is 2.37. The zero-order valence-corrected chi connectivity index (χ0v) is 16.2. The third-order valence-electron chi connectivity index (χ3n) is 5.53. The first-order valence-electron chi connectivity index (χ1n) is 9.66. The van der Waals surface area contributed by atoms with Gasteiger partial charge in [0.15, 0.2) is 0 Å². The highest BCUT2D eigenvalue weighted by atomic mass is 16.6. The van der Waals surface area contributed by atoms with E-state index in [1.54, 1.807) is 19.1 Å². The fourth-order valence-electron chi connectivity index (χ4n) is 3.96. The third kappa shape index (κ3) is 3.53. The molecule has 0 spiro atoms. The number of hydrogen-bond acceptors (Lipinski definition) is 6. The molecule has 2 fully saturated rings. The summed E-state index contributed by atoms with van der Waals surface area (Å²) >= 11 is 0. The molecule has 29 heavy (non-hydrogen) atoms. The molecule has 2 aromatic rings. The van der Waals surface area contributed by atoms with E-state index < -0.39 is 10.8 Å². The van der Waals surface area contributed by atoms with Crippen molar-refractivity contribution in [2.45, 2.75) is 13.3 Å². The maximum Gasteiger partial charge on any atom is 0.294 e. The summed E-state index contributed by atoms with van der Waals surface area (Å²) in [4.78, 5) is 41.0. The molecule has 1 unspecified atom stereocenters. The molecule has 4 rings (SSSR count). The molecule has 0 aliphatic carbocycles. The first-order chi connectivity index (χ1) is 14.0. The van der Waals surface area contributed by atoms with Crippen molar-refractivity contribution in [1.29, 1.82) is 0 Å². The predicted molar refractivity (Wildman–Crippen MR) is 110 cm³/mol. The third-order valence-corrected chi connectivity index (χ3v) is 5.53. The van der Waals surface area contributed by atoms with Gasteiger partial charge in [-0.05, 0) is 24.3 Å². The summed E-state index contributed by atoms with van der Waals surface area (Å²) in [5.41, 5.74) is 1.83. The van der Waals surface area contributed by atoms with Crippen LogP contribution in [-0.4, -0.2) is 42.9 Å². The first-order valence-corrected chi connectivity index (χ1v) is 9.66. The van der Waals surface area contributed by atoms with E-state index >= 15 is 0 Å². The highest BCUT2D eigenvalue weighted by molar-refractivity contribution is 6.21. The van der Waals surface area contributed by atoms with E-state index in [9.17, 15) is 19.7 Å². The smallest absolute Gasteiger partial charge is 0.294 e.